The van der Waals surface area contributed by atoms with Crippen LogP contribution in [0.5, 0.6) is 0 Å². The second kappa shape index (κ2) is 7.02. The van der Waals surface area contributed by atoms with Crippen molar-refractivity contribution in [2.24, 2.45) is 5.92 Å². The summed E-state index contributed by atoms with van der Waals surface area (Å²) in [6, 6.07) is 9.66. The van der Waals surface area contributed by atoms with Gasteiger partial charge in [-0.3, -0.25) is 4.79 Å². The predicted molar refractivity (Wildman–Crippen MR) is 88.4 cm³/mol. The summed E-state index contributed by atoms with van der Waals surface area (Å²) in [7, 11) is 0. The second-order valence-electron chi connectivity index (χ2n) is 5.78. The molecule has 116 valence electrons. The molecule has 0 spiro atoms. The van der Waals surface area contributed by atoms with Crippen LogP contribution in [0.25, 0.3) is 0 Å². The van der Waals surface area contributed by atoms with E-state index >= 15 is 0 Å². The van der Waals surface area contributed by atoms with Gasteiger partial charge in [-0.1, -0.05) is 26.0 Å². The van der Waals surface area contributed by atoms with Gasteiger partial charge in [0.15, 0.2) is 0 Å². The van der Waals surface area contributed by atoms with Crippen LogP contribution >= 0.6 is 0 Å². The first-order valence-electron chi connectivity index (χ1n) is 7.41. The molecule has 5 nitrogen and oxygen atoms in total. The average Bonchev–Trinajstić information content (AvgIpc) is 2.44. The number of aromatic nitrogens is 2. The number of nitrogens with zero attached hydrogens (tertiary/aromatic N) is 2. The molecule has 0 bridgehead atoms. The third-order valence-corrected chi connectivity index (χ3v) is 3.03. The quantitative estimate of drug-likeness (QED) is 0.889. The molecule has 1 aromatic heterocycles. The van der Waals surface area contributed by atoms with E-state index in [0.29, 0.717) is 29.8 Å². The Bertz CT molecular complexity index is 667. The fourth-order valence-electron chi connectivity index (χ4n) is 2.01. The van der Waals surface area contributed by atoms with Crippen LogP contribution in [0.3, 0.4) is 0 Å². The van der Waals surface area contributed by atoms with E-state index < -0.39 is 0 Å². The van der Waals surface area contributed by atoms with Gasteiger partial charge in [-0.05, 0) is 37.5 Å². The van der Waals surface area contributed by atoms with Crippen molar-refractivity contribution >= 4 is 17.4 Å². The number of hydrogen-bond donors (Lipinski definition) is 2. The maximum atomic E-state index is 12.1. The summed E-state index contributed by atoms with van der Waals surface area (Å²) in [5.74, 6) is 1.41. The van der Waals surface area contributed by atoms with Crippen molar-refractivity contribution < 1.29 is 4.79 Å². The van der Waals surface area contributed by atoms with Crippen molar-refractivity contribution in [3.05, 3.63) is 47.4 Å². The Balaban J connectivity index is 2.17. The number of anilines is 2. The van der Waals surface area contributed by atoms with Crippen LogP contribution < -0.4 is 10.6 Å². The summed E-state index contributed by atoms with van der Waals surface area (Å²) in [6.07, 6.45) is 0. The third-order valence-electron chi connectivity index (χ3n) is 3.03. The summed E-state index contributed by atoms with van der Waals surface area (Å²) in [6.45, 7) is 8.54. The number of carbonyl (C=O) groups excluding carboxylic acids is 1. The van der Waals surface area contributed by atoms with Gasteiger partial charge in [0.05, 0.1) is 0 Å². The van der Waals surface area contributed by atoms with Crippen LogP contribution in [-0.2, 0) is 0 Å². The topological polar surface area (TPSA) is 66.9 Å². The maximum Gasteiger partial charge on any atom is 0.270 e. The molecule has 2 N–H and O–H groups in total. The SMILES string of the molecule is Cc1cccc(Nc2cc(C(=O)NCC(C)C)nc(C)n2)c1. The number of rotatable bonds is 5. The molecule has 2 aromatic rings. The molecule has 0 atom stereocenters. The zero-order chi connectivity index (χ0) is 16.1. The highest BCUT2D eigenvalue weighted by Crippen LogP contribution is 2.16. The zero-order valence-electron chi connectivity index (χ0n) is 13.5. The fourth-order valence-corrected chi connectivity index (χ4v) is 2.01. The number of carbonyl (C=O) groups is 1. The molecule has 0 aliphatic heterocycles. The number of aryl methyl sites for hydroxylation is 2. The Labute approximate surface area is 131 Å². The average molecular weight is 298 g/mol. The number of hydrogen-bond acceptors (Lipinski definition) is 4. The molecule has 0 unspecified atom stereocenters. The molecule has 0 saturated carbocycles. The third kappa shape index (κ3) is 4.55. The smallest absolute Gasteiger partial charge is 0.270 e. The van der Waals surface area contributed by atoms with Gasteiger partial charge in [-0.2, -0.15) is 0 Å². The van der Waals surface area contributed by atoms with Crippen LogP contribution in [-0.4, -0.2) is 22.4 Å². The van der Waals surface area contributed by atoms with Crippen LogP contribution in [0, 0.1) is 19.8 Å². The first-order valence-corrected chi connectivity index (χ1v) is 7.41. The largest absolute Gasteiger partial charge is 0.350 e. The zero-order valence-corrected chi connectivity index (χ0v) is 13.5. The lowest BCUT2D eigenvalue weighted by atomic mass is 10.2. The van der Waals surface area contributed by atoms with Gasteiger partial charge >= 0.3 is 0 Å². The van der Waals surface area contributed by atoms with Crippen molar-refractivity contribution in [1.82, 2.24) is 15.3 Å². The number of nitrogens with one attached hydrogen (secondary N) is 2. The van der Waals surface area contributed by atoms with E-state index in [1.165, 1.54) is 0 Å². The number of benzene rings is 1. The fraction of sp³-hybridized carbons (Fsp3) is 0.353. The maximum absolute atomic E-state index is 12.1. The molecule has 1 heterocycles. The summed E-state index contributed by atoms with van der Waals surface area (Å²) < 4.78 is 0. The van der Waals surface area contributed by atoms with E-state index in [2.05, 4.69) is 34.4 Å². The van der Waals surface area contributed by atoms with Gasteiger partial charge in [0.1, 0.15) is 17.3 Å². The summed E-state index contributed by atoms with van der Waals surface area (Å²) >= 11 is 0. The minimum Gasteiger partial charge on any atom is -0.350 e. The van der Waals surface area contributed by atoms with Crippen LogP contribution in [0.15, 0.2) is 30.3 Å². The minimum absolute atomic E-state index is 0.175. The van der Waals surface area contributed by atoms with Crippen molar-refractivity contribution in [2.45, 2.75) is 27.7 Å². The van der Waals surface area contributed by atoms with Gasteiger partial charge in [0, 0.05) is 18.3 Å². The van der Waals surface area contributed by atoms with E-state index in [9.17, 15) is 4.79 Å². The molecule has 22 heavy (non-hydrogen) atoms. The van der Waals surface area contributed by atoms with Gasteiger partial charge < -0.3 is 10.6 Å². The van der Waals surface area contributed by atoms with E-state index in [1.807, 2.05) is 31.2 Å². The van der Waals surface area contributed by atoms with Crippen LogP contribution in [0.1, 0.15) is 35.7 Å². The number of amides is 1. The minimum atomic E-state index is -0.175. The van der Waals surface area contributed by atoms with E-state index in [0.717, 1.165) is 11.3 Å². The van der Waals surface area contributed by atoms with E-state index in [1.54, 1.807) is 13.0 Å². The Morgan fingerprint density at radius 2 is 1.95 bits per heavy atom. The Hall–Kier alpha value is -2.43. The van der Waals surface area contributed by atoms with Crippen LogP contribution in [0.4, 0.5) is 11.5 Å². The van der Waals surface area contributed by atoms with E-state index in [-0.39, 0.29) is 5.91 Å². The highest BCUT2D eigenvalue weighted by molar-refractivity contribution is 5.93. The standard InChI is InChI=1S/C17H22N4O/c1-11(2)10-18-17(22)15-9-16(20-13(4)19-15)21-14-7-5-6-12(3)8-14/h5-9,11H,10H2,1-4H3,(H,18,22)(H,19,20,21). The summed E-state index contributed by atoms with van der Waals surface area (Å²) in [5.41, 5.74) is 2.47. The lowest BCUT2D eigenvalue weighted by Crippen LogP contribution is -2.28. The first-order chi connectivity index (χ1) is 10.4. The molecule has 2 rings (SSSR count). The molecule has 0 saturated heterocycles. The van der Waals surface area contributed by atoms with Gasteiger partial charge in [0.2, 0.25) is 0 Å². The van der Waals surface area contributed by atoms with Gasteiger partial charge in [0.25, 0.3) is 5.91 Å². The Morgan fingerprint density at radius 3 is 2.64 bits per heavy atom. The Morgan fingerprint density at radius 1 is 1.18 bits per heavy atom. The molecule has 0 aliphatic carbocycles. The van der Waals surface area contributed by atoms with Crippen molar-refractivity contribution in [2.75, 3.05) is 11.9 Å². The summed E-state index contributed by atoms with van der Waals surface area (Å²) in [5, 5.41) is 6.08. The van der Waals surface area contributed by atoms with Gasteiger partial charge in [-0.25, -0.2) is 9.97 Å². The lowest BCUT2D eigenvalue weighted by molar-refractivity contribution is 0.0943. The molecule has 1 aromatic carbocycles. The summed E-state index contributed by atoms with van der Waals surface area (Å²) in [4.78, 5) is 20.7. The molecule has 0 radical (unpaired) electrons. The molecule has 1 amide bonds. The highest BCUT2D eigenvalue weighted by atomic mass is 16.1. The second-order valence-corrected chi connectivity index (χ2v) is 5.78. The first kappa shape index (κ1) is 15.9. The molecule has 0 aliphatic rings. The molecule has 0 fully saturated rings. The predicted octanol–water partition coefficient (Wildman–Crippen LogP) is 3.22. The van der Waals surface area contributed by atoms with Crippen molar-refractivity contribution in [3.8, 4) is 0 Å². The molecular weight excluding hydrogens is 276 g/mol. The van der Waals surface area contributed by atoms with E-state index in [4.69, 9.17) is 0 Å². The van der Waals surface area contributed by atoms with Gasteiger partial charge in [-0.15, -0.1) is 0 Å². The normalized spacial score (nSPS) is 10.6. The lowest BCUT2D eigenvalue weighted by Gasteiger charge is -2.10. The highest BCUT2D eigenvalue weighted by Gasteiger charge is 2.11. The molecule has 5 heteroatoms. The van der Waals surface area contributed by atoms with Crippen LogP contribution in [0.2, 0.25) is 0 Å². The monoisotopic (exact) mass is 298 g/mol. The van der Waals surface area contributed by atoms with Crippen molar-refractivity contribution in [1.29, 1.82) is 0 Å². The Kier molecular flexibility index (Phi) is 5.09. The van der Waals surface area contributed by atoms with Crippen molar-refractivity contribution in [3.63, 3.8) is 0 Å². The molecular formula is C17H22N4O.